The molecule has 1 rings (SSSR count). The van der Waals surface area contributed by atoms with Gasteiger partial charge in [0.15, 0.2) is 0 Å². The van der Waals surface area contributed by atoms with E-state index in [0.29, 0.717) is 5.69 Å². The predicted octanol–water partition coefficient (Wildman–Crippen LogP) is 2.85. The van der Waals surface area contributed by atoms with Crippen molar-refractivity contribution in [3.05, 3.63) is 28.2 Å². The van der Waals surface area contributed by atoms with E-state index in [1.54, 1.807) is 12.1 Å². The van der Waals surface area contributed by atoms with Gasteiger partial charge in [0, 0.05) is 4.47 Å². The van der Waals surface area contributed by atoms with E-state index in [9.17, 15) is 4.79 Å². The normalized spacial score (nSPS) is 9.50. The largest absolute Gasteiger partial charge is 0.465 e. The number of rotatable bonds is 1. The second-order valence-corrected chi connectivity index (χ2v) is 3.16. The number of carbonyl (C=O) groups is 1. The quantitative estimate of drug-likeness (QED) is 0.779. The Morgan fingerprint density at radius 2 is 2.25 bits per heavy atom. The van der Waals surface area contributed by atoms with Crippen molar-refractivity contribution < 1.29 is 9.90 Å². The van der Waals surface area contributed by atoms with E-state index in [2.05, 4.69) is 21.2 Å². The van der Waals surface area contributed by atoms with Crippen molar-refractivity contribution in [2.24, 2.45) is 0 Å². The number of hydrogen-bond acceptors (Lipinski definition) is 1. The van der Waals surface area contributed by atoms with Crippen molar-refractivity contribution in [3.8, 4) is 0 Å². The van der Waals surface area contributed by atoms with Crippen LogP contribution >= 0.6 is 15.9 Å². The molecule has 1 aromatic carbocycles. The van der Waals surface area contributed by atoms with Crippen molar-refractivity contribution in [2.45, 2.75) is 6.92 Å². The van der Waals surface area contributed by atoms with E-state index in [1.165, 1.54) is 0 Å². The molecule has 0 aliphatic rings. The van der Waals surface area contributed by atoms with Crippen LogP contribution in [0.5, 0.6) is 0 Å². The van der Waals surface area contributed by atoms with Gasteiger partial charge >= 0.3 is 6.09 Å². The van der Waals surface area contributed by atoms with Gasteiger partial charge in [0.2, 0.25) is 0 Å². The van der Waals surface area contributed by atoms with Crippen molar-refractivity contribution in [3.63, 3.8) is 0 Å². The molecule has 12 heavy (non-hydrogen) atoms. The molecule has 1 aromatic rings. The van der Waals surface area contributed by atoms with E-state index < -0.39 is 6.09 Å². The van der Waals surface area contributed by atoms with Gasteiger partial charge in [-0.05, 0) is 34.5 Å². The highest BCUT2D eigenvalue weighted by Gasteiger charge is 2.03. The van der Waals surface area contributed by atoms with Crippen LogP contribution in [0.15, 0.2) is 22.7 Å². The van der Waals surface area contributed by atoms with Crippen LogP contribution in [0.1, 0.15) is 5.56 Å². The summed E-state index contributed by atoms with van der Waals surface area (Å²) in [7, 11) is 0. The third-order valence-corrected chi connectivity index (χ3v) is 2.49. The van der Waals surface area contributed by atoms with E-state index in [1.807, 2.05) is 13.0 Å². The number of amides is 1. The van der Waals surface area contributed by atoms with Gasteiger partial charge in [-0.2, -0.15) is 0 Å². The molecule has 0 spiro atoms. The van der Waals surface area contributed by atoms with Gasteiger partial charge in [0.25, 0.3) is 0 Å². The minimum atomic E-state index is -1.05. The van der Waals surface area contributed by atoms with Gasteiger partial charge in [-0.1, -0.05) is 12.1 Å². The average molecular weight is 230 g/mol. The average Bonchev–Trinajstić information content (AvgIpc) is 1.98. The van der Waals surface area contributed by atoms with Gasteiger partial charge < -0.3 is 5.11 Å². The van der Waals surface area contributed by atoms with E-state index in [0.717, 1.165) is 10.0 Å². The summed E-state index contributed by atoms with van der Waals surface area (Å²) in [5.74, 6) is 0. The van der Waals surface area contributed by atoms with Crippen LogP contribution in [0.4, 0.5) is 10.5 Å². The van der Waals surface area contributed by atoms with E-state index in [4.69, 9.17) is 5.11 Å². The Bertz CT molecular complexity index is 312. The molecule has 0 heterocycles. The summed E-state index contributed by atoms with van der Waals surface area (Å²) in [5.41, 5.74) is 1.57. The number of hydrogen-bond donors (Lipinski definition) is 2. The fourth-order valence-electron chi connectivity index (χ4n) is 0.859. The zero-order valence-electron chi connectivity index (χ0n) is 6.47. The first-order chi connectivity index (χ1) is 5.61. The maximum Gasteiger partial charge on any atom is 0.409 e. The zero-order valence-corrected chi connectivity index (χ0v) is 8.05. The molecule has 0 radical (unpaired) electrons. The molecule has 0 saturated carbocycles. The predicted molar refractivity (Wildman–Crippen MR) is 50.5 cm³/mol. The maximum atomic E-state index is 10.3. The summed E-state index contributed by atoms with van der Waals surface area (Å²) in [6.45, 7) is 1.90. The maximum absolute atomic E-state index is 10.3. The second-order valence-electron chi connectivity index (χ2n) is 2.37. The molecule has 0 fully saturated rings. The molecular weight excluding hydrogens is 222 g/mol. The molecule has 0 atom stereocenters. The topological polar surface area (TPSA) is 49.3 Å². The Morgan fingerprint density at radius 3 is 2.83 bits per heavy atom. The Kier molecular flexibility index (Phi) is 2.70. The number of aryl methyl sites for hydroxylation is 1. The van der Waals surface area contributed by atoms with Crippen LogP contribution in [-0.4, -0.2) is 11.2 Å². The SMILES string of the molecule is Cc1cccc(NC(=O)O)c1Br. The van der Waals surface area contributed by atoms with Crippen molar-refractivity contribution in [1.82, 2.24) is 0 Å². The zero-order chi connectivity index (χ0) is 9.14. The highest BCUT2D eigenvalue weighted by molar-refractivity contribution is 9.10. The molecule has 2 N–H and O–H groups in total. The summed E-state index contributed by atoms with van der Waals surface area (Å²) >= 11 is 3.28. The molecule has 3 nitrogen and oxygen atoms in total. The summed E-state index contributed by atoms with van der Waals surface area (Å²) in [6, 6.07) is 5.40. The standard InChI is InChI=1S/C8H8BrNO2/c1-5-3-2-4-6(7(5)9)10-8(11)12/h2-4,10H,1H3,(H,11,12). The lowest BCUT2D eigenvalue weighted by molar-refractivity contribution is 0.209. The Labute approximate surface area is 78.5 Å². The highest BCUT2D eigenvalue weighted by Crippen LogP contribution is 2.25. The lowest BCUT2D eigenvalue weighted by Gasteiger charge is -2.05. The van der Waals surface area contributed by atoms with Crippen LogP contribution in [0.2, 0.25) is 0 Å². The van der Waals surface area contributed by atoms with Gasteiger partial charge in [-0.3, -0.25) is 5.32 Å². The van der Waals surface area contributed by atoms with Crippen LogP contribution in [0.3, 0.4) is 0 Å². The summed E-state index contributed by atoms with van der Waals surface area (Å²) in [6.07, 6.45) is -1.05. The number of anilines is 1. The first-order valence-corrected chi connectivity index (χ1v) is 4.15. The number of carboxylic acid groups (broad SMARTS) is 1. The van der Waals surface area contributed by atoms with Crippen molar-refractivity contribution in [1.29, 1.82) is 0 Å². The first-order valence-electron chi connectivity index (χ1n) is 3.36. The number of benzene rings is 1. The molecular formula is C8H8BrNO2. The molecule has 1 amide bonds. The third-order valence-electron chi connectivity index (χ3n) is 1.43. The van der Waals surface area contributed by atoms with Gasteiger partial charge in [-0.25, -0.2) is 4.79 Å². The monoisotopic (exact) mass is 229 g/mol. The molecule has 0 unspecified atom stereocenters. The van der Waals surface area contributed by atoms with Crippen LogP contribution in [-0.2, 0) is 0 Å². The molecule has 0 aliphatic carbocycles. The first kappa shape index (κ1) is 9.06. The number of nitrogens with one attached hydrogen (secondary N) is 1. The Balaban J connectivity index is 3.00. The Morgan fingerprint density at radius 1 is 1.58 bits per heavy atom. The fraction of sp³-hybridized carbons (Fsp3) is 0.125. The van der Waals surface area contributed by atoms with Crippen LogP contribution in [0.25, 0.3) is 0 Å². The Hall–Kier alpha value is -1.03. The van der Waals surface area contributed by atoms with Crippen molar-refractivity contribution in [2.75, 3.05) is 5.32 Å². The molecule has 0 saturated heterocycles. The smallest absolute Gasteiger partial charge is 0.409 e. The lowest BCUT2D eigenvalue weighted by atomic mass is 10.2. The minimum absolute atomic E-state index is 0.572. The summed E-state index contributed by atoms with van der Waals surface area (Å²) in [5, 5.41) is 10.7. The molecule has 4 heteroatoms. The minimum Gasteiger partial charge on any atom is -0.465 e. The fourth-order valence-corrected chi connectivity index (χ4v) is 1.22. The molecule has 0 aromatic heterocycles. The van der Waals surface area contributed by atoms with Crippen molar-refractivity contribution >= 4 is 27.7 Å². The summed E-state index contributed by atoms with van der Waals surface area (Å²) in [4.78, 5) is 10.3. The highest BCUT2D eigenvalue weighted by atomic mass is 79.9. The molecule has 0 aliphatic heterocycles. The van der Waals surface area contributed by atoms with E-state index in [-0.39, 0.29) is 0 Å². The van der Waals surface area contributed by atoms with Gasteiger partial charge in [-0.15, -0.1) is 0 Å². The number of halogens is 1. The summed E-state index contributed by atoms with van der Waals surface area (Å²) < 4.78 is 0.785. The third kappa shape index (κ3) is 1.98. The lowest BCUT2D eigenvalue weighted by Crippen LogP contribution is -2.07. The van der Waals surface area contributed by atoms with E-state index >= 15 is 0 Å². The van der Waals surface area contributed by atoms with Crippen LogP contribution < -0.4 is 5.32 Å². The molecule has 0 bridgehead atoms. The molecule has 64 valence electrons. The van der Waals surface area contributed by atoms with Crippen LogP contribution in [0, 0.1) is 6.92 Å². The van der Waals surface area contributed by atoms with Gasteiger partial charge in [0.05, 0.1) is 5.69 Å². The van der Waals surface area contributed by atoms with Gasteiger partial charge in [0.1, 0.15) is 0 Å². The second kappa shape index (κ2) is 3.58.